The number of aliphatic hydroxyl groups excluding tert-OH is 1. The first-order chi connectivity index (χ1) is 11.3. The Balaban J connectivity index is 0.000000496. The number of aliphatic hydroxyl groups is 1. The van der Waals surface area contributed by atoms with Crippen molar-refractivity contribution < 1.29 is 30.3 Å². The molecule has 1 unspecified atom stereocenters. The molecular formula is C15H33NO7S2. The number of rotatable bonds is 9. The zero-order valence-corrected chi connectivity index (χ0v) is 17.5. The summed E-state index contributed by atoms with van der Waals surface area (Å²) in [6, 6.07) is 0.366. The smallest absolute Gasteiger partial charge is 0.264 e. The maximum absolute atomic E-state index is 10.6. The van der Waals surface area contributed by atoms with Crippen LogP contribution in [0.3, 0.4) is 0 Å². The van der Waals surface area contributed by atoms with Crippen molar-refractivity contribution in [1.29, 1.82) is 0 Å². The maximum atomic E-state index is 10.6. The Labute approximate surface area is 152 Å². The molecule has 0 aromatic rings. The molecule has 0 radical (unpaired) electrons. The summed E-state index contributed by atoms with van der Waals surface area (Å²) < 4.78 is 51.4. The van der Waals surface area contributed by atoms with Crippen LogP contribution in [-0.4, -0.2) is 78.3 Å². The van der Waals surface area contributed by atoms with Crippen molar-refractivity contribution in [2.24, 2.45) is 11.8 Å². The fraction of sp³-hybridized carbons (Fsp3) is 1.00. The van der Waals surface area contributed by atoms with Crippen molar-refractivity contribution in [1.82, 2.24) is 4.90 Å². The Morgan fingerprint density at radius 3 is 2.08 bits per heavy atom. The molecule has 152 valence electrons. The fourth-order valence-electron chi connectivity index (χ4n) is 2.21. The SMILES string of the molecule is CC(CCOS(C)(=O)=O)COS(C)(=O)=O.C[C@@H]1CCN([C@@H](C)CO)C1. The lowest BCUT2D eigenvalue weighted by Gasteiger charge is -2.21. The highest BCUT2D eigenvalue weighted by Gasteiger charge is 2.21. The molecule has 0 amide bonds. The van der Waals surface area contributed by atoms with Gasteiger partial charge in [0.1, 0.15) is 0 Å². The Bertz CT molecular complexity index is 562. The van der Waals surface area contributed by atoms with Gasteiger partial charge in [-0.15, -0.1) is 0 Å². The second-order valence-electron chi connectivity index (χ2n) is 6.83. The lowest BCUT2D eigenvalue weighted by molar-refractivity contribution is 0.155. The summed E-state index contributed by atoms with van der Waals surface area (Å²) in [5.74, 6) is 0.746. The summed E-state index contributed by atoms with van der Waals surface area (Å²) in [7, 11) is -6.85. The normalized spacial score (nSPS) is 21.4. The molecule has 3 atom stereocenters. The highest BCUT2D eigenvalue weighted by molar-refractivity contribution is 7.86. The Hall–Kier alpha value is -0.260. The molecule has 0 saturated carbocycles. The molecule has 0 aromatic heterocycles. The predicted molar refractivity (Wildman–Crippen MR) is 97.3 cm³/mol. The van der Waals surface area contributed by atoms with Crippen molar-refractivity contribution in [3.8, 4) is 0 Å². The van der Waals surface area contributed by atoms with Gasteiger partial charge in [0.2, 0.25) is 0 Å². The van der Waals surface area contributed by atoms with Gasteiger partial charge in [-0.1, -0.05) is 13.8 Å². The van der Waals surface area contributed by atoms with Gasteiger partial charge < -0.3 is 5.11 Å². The second-order valence-corrected chi connectivity index (χ2v) is 10.1. The molecule has 1 heterocycles. The topological polar surface area (TPSA) is 110 Å². The minimum absolute atomic E-state index is 0.0337. The lowest BCUT2D eigenvalue weighted by atomic mass is 10.1. The third-order valence-electron chi connectivity index (χ3n) is 3.82. The van der Waals surface area contributed by atoms with E-state index in [-0.39, 0.29) is 19.1 Å². The van der Waals surface area contributed by atoms with Gasteiger partial charge in [0.25, 0.3) is 20.2 Å². The van der Waals surface area contributed by atoms with Gasteiger partial charge in [0.15, 0.2) is 0 Å². The fourth-order valence-corrected chi connectivity index (χ4v) is 3.09. The van der Waals surface area contributed by atoms with Crippen molar-refractivity contribution in [3.63, 3.8) is 0 Å². The van der Waals surface area contributed by atoms with Gasteiger partial charge in [-0.25, -0.2) is 0 Å². The highest BCUT2D eigenvalue weighted by Crippen LogP contribution is 2.16. The minimum atomic E-state index is -3.43. The summed E-state index contributed by atoms with van der Waals surface area (Å²) in [6.45, 7) is 8.80. The van der Waals surface area contributed by atoms with E-state index in [1.807, 2.05) is 0 Å². The molecule has 0 aliphatic carbocycles. The van der Waals surface area contributed by atoms with Crippen LogP contribution in [-0.2, 0) is 28.6 Å². The molecule has 1 saturated heterocycles. The Morgan fingerprint density at radius 2 is 1.68 bits per heavy atom. The summed E-state index contributed by atoms with van der Waals surface area (Å²) in [5, 5.41) is 8.84. The standard InChI is InChI=1S/C8H17NO.C7H16O6S2/c1-7-3-4-9(5-7)8(2)6-10;1-7(6-13-15(3,10)11)4-5-12-14(2,8)9/h7-8,10H,3-6H2,1-2H3;7H,4-6H2,1-3H3/t7-,8+;/m1./s1. The number of hydrogen-bond acceptors (Lipinski definition) is 8. The van der Waals surface area contributed by atoms with Gasteiger partial charge >= 0.3 is 0 Å². The highest BCUT2D eigenvalue weighted by atomic mass is 32.2. The van der Waals surface area contributed by atoms with Crippen LogP contribution in [0.25, 0.3) is 0 Å². The monoisotopic (exact) mass is 403 g/mol. The van der Waals surface area contributed by atoms with Crippen molar-refractivity contribution in [3.05, 3.63) is 0 Å². The molecule has 8 nitrogen and oxygen atoms in total. The van der Waals surface area contributed by atoms with Crippen LogP contribution >= 0.6 is 0 Å². The first kappa shape index (κ1) is 24.7. The summed E-state index contributed by atoms with van der Waals surface area (Å²) in [4.78, 5) is 2.35. The summed E-state index contributed by atoms with van der Waals surface area (Å²) in [6.07, 6.45) is 3.64. The van der Waals surface area contributed by atoms with E-state index < -0.39 is 20.2 Å². The molecule has 25 heavy (non-hydrogen) atoms. The van der Waals surface area contributed by atoms with E-state index in [0.717, 1.165) is 18.4 Å². The third kappa shape index (κ3) is 14.6. The average molecular weight is 404 g/mol. The van der Waals surface area contributed by atoms with E-state index in [1.165, 1.54) is 19.5 Å². The molecule has 0 bridgehead atoms. The minimum Gasteiger partial charge on any atom is -0.395 e. The van der Waals surface area contributed by atoms with E-state index in [4.69, 9.17) is 5.11 Å². The van der Waals surface area contributed by atoms with Crippen LogP contribution < -0.4 is 0 Å². The molecule has 0 spiro atoms. The molecular weight excluding hydrogens is 370 g/mol. The number of hydrogen-bond donors (Lipinski definition) is 1. The van der Waals surface area contributed by atoms with Crippen LogP contribution in [0.15, 0.2) is 0 Å². The van der Waals surface area contributed by atoms with Crippen molar-refractivity contribution >= 4 is 20.2 Å². The van der Waals surface area contributed by atoms with E-state index in [1.54, 1.807) is 6.92 Å². The van der Waals surface area contributed by atoms with Gasteiger partial charge in [-0.2, -0.15) is 16.8 Å². The van der Waals surface area contributed by atoms with Crippen LogP contribution in [0.4, 0.5) is 0 Å². The molecule has 1 N–H and O–H groups in total. The molecule has 1 rings (SSSR count). The quantitative estimate of drug-likeness (QED) is 0.560. The second kappa shape index (κ2) is 11.5. The number of likely N-dealkylation sites (tertiary alicyclic amines) is 1. The molecule has 1 aliphatic rings. The van der Waals surface area contributed by atoms with E-state index in [0.29, 0.717) is 19.1 Å². The Morgan fingerprint density at radius 1 is 1.12 bits per heavy atom. The molecule has 1 fully saturated rings. The van der Waals surface area contributed by atoms with Crippen molar-refractivity contribution in [2.75, 3.05) is 45.4 Å². The average Bonchev–Trinajstić information content (AvgIpc) is 2.89. The van der Waals surface area contributed by atoms with Crippen LogP contribution in [0.1, 0.15) is 33.6 Å². The van der Waals surface area contributed by atoms with E-state index in [9.17, 15) is 16.8 Å². The van der Waals surface area contributed by atoms with Crippen LogP contribution in [0, 0.1) is 11.8 Å². The zero-order chi connectivity index (χ0) is 19.7. The number of nitrogens with zero attached hydrogens (tertiary/aromatic N) is 1. The zero-order valence-electron chi connectivity index (χ0n) is 15.8. The first-order valence-electron chi connectivity index (χ1n) is 8.37. The Kier molecular flexibility index (Phi) is 11.3. The largest absolute Gasteiger partial charge is 0.395 e. The van der Waals surface area contributed by atoms with Crippen LogP contribution in [0.5, 0.6) is 0 Å². The summed E-state index contributed by atoms with van der Waals surface area (Å²) in [5.41, 5.74) is 0. The molecule has 1 aliphatic heterocycles. The van der Waals surface area contributed by atoms with E-state index in [2.05, 4.69) is 27.1 Å². The van der Waals surface area contributed by atoms with E-state index >= 15 is 0 Å². The summed E-state index contributed by atoms with van der Waals surface area (Å²) >= 11 is 0. The van der Waals surface area contributed by atoms with Gasteiger partial charge in [-0.3, -0.25) is 13.3 Å². The first-order valence-corrected chi connectivity index (χ1v) is 12.0. The van der Waals surface area contributed by atoms with Crippen molar-refractivity contribution in [2.45, 2.75) is 39.7 Å². The van der Waals surface area contributed by atoms with Gasteiger partial charge in [-0.05, 0) is 38.1 Å². The van der Waals surface area contributed by atoms with Crippen LogP contribution in [0.2, 0.25) is 0 Å². The molecule has 10 heteroatoms. The van der Waals surface area contributed by atoms with Gasteiger partial charge in [0, 0.05) is 12.6 Å². The molecule has 0 aromatic carbocycles. The maximum Gasteiger partial charge on any atom is 0.264 e. The third-order valence-corrected chi connectivity index (χ3v) is 4.98. The lowest BCUT2D eigenvalue weighted by Crippen LogP contribution is -2.33. The predicted octanol–water partition coefficient (Wildman–Crippen LogP) is 0.674. The van der Waals surface area contributed by atoms with Gasteiger partial charge in [0.05, 0.1) is 32.3 Å².